The van der Waals surface area contributed by atoms with Crippen LogP contribution < -0.4 is 0 Å². The van der Waals surface area contributed by atoms with Crippen LogP contribution in [0.25, 0.3) is 0 Å². The van der Waals surface area contributed by atoms with Gasteiger partial charge in [-0.05, 0) is 31.6 Å². The molecule has 1 saturated heterocycles. The molecule has 1 fully saturated rings. The first-order chi connectivity index (χ1) is 8.20. The van der Waals surface area contributed by atoms with E-state index in [0.717, 1.165) is 32.2 Å². The Morgan fingerprint density at radius 1 is 1.53 bits per heavy atom. The van der Waals surface area contributed by atoms with Crippen LogP contribution in [-0.4, -0.2) is 49.0 Å². The fraction of sp³-hybridized carbons (Fsp3) is 0.857. The Morgan fingerprint density at radius 3 is 3.06 bits per heavy atom. The number of morpholine rings is 1. The summed E-state index contributed by atoms with van der Waals surface area (Å²) in [7, 11) is 0. The molecule has 0 aromatic heterocycles. The van der Waals surface area contributed by atoms with Crippen LogP contribution in [0.1, 0.15) is 26.7 Å². The highest BCUT2D eigenvalue weighted by atomic mass is 16.5. The number of rotatable bonds is 3. The van der Waals surface area contributed by atoms with Gasteiger partial charge in [-0.1, -0.05) is 18.6 Å². The molecule has 17 heavy (non-hydrogen) atoms. The summed E-state index contributed by atoms with van der Waals surface area (Å²) >= 11 is 0. The molecule has 3 nitrogen and oxygen atoms in total. The molecule has 3 atom stereocenters. The van der Waals surface area contributed by atoms with Gasteiger partial charge in [0.15, 0.2) is 0 Å². The Balaban J connectivity index is 1.91. The third-order valence-corrected chi connectivity index (χ3v) is 4.24. The lowest BCUT2D eigenvalue weighted by Gasteiger charge is -2.37. The molecular weight excluding hydrogens is 214 g/mol. The molecule has 98 valence electrons. The zero-order valence-electron chi connectivity index (χ0n) is 11.1. The van der Waals surface area contributed by atoms with E-state index in [9.17, 15) is 0 Å². The summed E-state index contributed by atoms with van der Waals surface area (Å²) in [5.41, 5.74) is 1.55. The minimum Gasteiger partial charge on any atom is -0.394 e. The van der Waals surface area contributed by atoms with Crippen LogP contribution in [0.4, 0.5) is 0 Å². The summed E-state index contributed by atoms with van der Waals surface area (Å²) in [6.07, 6.45) is 4.97. The maximum Gasteiger partial charge on any atom is 0.0932 e. The summed E-state index contributed by atoms with van der Waals surface area (Å²) in [6, 6.07) is 0. The predicted molar refractivity (Wildman–Crippen MR) is 68.9 cm³/mol. The number of aliphatic hydroxyl groups is 1. The van der Waals surface area contributed by atoms with E-state index in [1.807, 2.05) is 0 Å². The molecule has 0 radical (unpaired) electrons. The largest absolute Gasteiger partial charge is 0.394 e. The monoisotopic (exact) mass is 239 g/mol. The number of nitrogens with zero attached hydrogens (tertiary/aromatic N) is 1. The Hall–Kier alpha value is -0.380. The highest BCUT2D eigenvalue weighted by Crippen LogP contribution is 2.31. The first kappa shape index (κ1) is 13.1. The molecule has 0 aromatic rings. The van der Waals surface area contributed by atoms with Crippen molar-refractivity contribution in [2.45, 2.75) is 32.8 Å². The smallest absolute Gasteiger partial charge is 0.0932 e. The van der Waals surface area contributed by atoms with Gasteiger partial charge >= 0.3 is 0 Å². The maximum atomic E-state index is 9.16. The minimum absolute atomic E-state index is 0.0203. The van der Waals surface area contributed by atoms with Gasteiger partial charge in [0.1, 0.15) is 0 Å². The van der Waals surface area contributed by atoms with Gasteiger partial charge in [0, 0.05) is 19.6 Å². The topological polar surface area (TPSA) is 32.7 Å². The molecule has 1 N–H and O–H groups in total. The molecule has 0 amide bonds. The zero-order chi connectivity index (χ0) is 12.3. The van der Waals surface area contributed by atoms with Gasteiger partial charge in [-0.15, -0.1) is 0 Å². The lowest BCUT2D eigenvalue weighted by Crippen LogP contribution is -2.46. The van der Waals surface area contributed by atoms with Crippen molar-refractivity contribution in [2.24, 2.45) is 11.8 Å². The Labute approximate surface area is 104 Å². The average Bonchev–Trinajstić information content (AvgIpc) is 2.34. The Morgan fingerprint density at radius 2 is 2.35 bits per heavy atom. The van der Waals surface area contributed by atoms with Gasteiger partial charge < -0.3 is 9.84 Å². The van der Waals surface area contributed by atoms with E-state index < -0.39 is 0 Å². The van der Waals surface area contributed by atoms with Crippen LogP contribution in [0.3, 0.4) is 0 Å². The molecule has 0 unspecified atom stereocenters. The van der Waals surface area contributed by atoms with Gasteiger partial charge in [-0.3, -0.25) is 4.90 Å². The normalized spacial score (nSPS) is 35.7. The highest BCUT2D eigenvalue weighted by molar-refractivity contribution is 5.09. The first-order valence-electron chi connectivity index (χ1n) is 6.82. The maximum absolute atomic E-state index is 9.16. The molecule has 0 saturated carbocycles. The van der Waals surface area contributed by atoms with E-state index in [0.29, 0.717) is 5.92 Å². The van der Waals surface area contributed by atoms with E-state index in [4.69, 9.17) is 9.84 Å². The van der Waals surface area contributed by atoms with Gasteiger partial charge in [0.05, 0.1) is 19.3 Å². The van der Waals surface area contributed by atoms with Crippen molar-refractivity contribution in [3.05, 3.63) is 11.6 Å². The van der Waals surface area contributed by atoms with Crippen molar-refractivity contribution in [2.75, 3.05) is 32.8 Å². The van der Waals surface area contributed by atoms with E-state index in [1.165, 1.54) is 12.8 Å². The Bertz CT molecular complexity index is 277. The molecule has 0 aromatic carbocycles. The molecule has 1 aliphatic heterocycles. The standard InChI is InChI=1S/C14H25NO2/c1-11-4-3-5-12(2)14(11)9-15-6-7-17-13(8-15)10-16/h4,12-14,16H,3,5-10H2,1-2H3/t12-,13+,14-/m0/s1. The second kappa shape index (κ2) is 5.98. The number of ether oxygens (including phenoxy) is 1. The quantitative estimate of drug-likeness (QED) is 0.761. The van der Waals surface area contributed by atoms with Crippen molar-refractivity contribution < 1.29 is 9.84 Å². The summed E-state index contributed by atoms with van der Waals surface area (Å²) in [5.74, 6) is 1.48. The molecular formula is C14H25NO2. The van der Waals surface area contributed by atoms with Crippen molar-refractivity contribution in [1.29, 1.82) is 0 Å². The molecule has 2 aliphatic rings. The van der Waals surface area contributed by atoms with Crippen molar-refractivity contribution >= 4 is 0 Å². The number of hydrogen-bond acceptors (Lipinski definition) is 3. The first-order valence-corrected chi connectivity index (χ1v) is 6.82. The van der Waals surface area contributed by atoms with Gasteiger partial charge in [0.25, 0.3) is 0 Å². The summed E-state index contributed by atoms with van der Waals surface area (Å²) in [6.45, 7) is 8.55. The van der Waals surface area contributed by atoms with Gasteiger partial charge in [-0.25, -0.2) is 0 Å². The molecule has 1 aliphatic carbocycles. The summed E-state index contributed by atoms with van der Waals surface area (Å²) in [4.78, 5) is 2.45. The lowest BCUT2D eigenvalue weighted by molar-refractivity contribution is -0.0567. The second-order valence-corrected chi connectivity index (χ2v) is 5.54. The predicted octanol–water partition coefficient (Wildman–Crippen LogP) is 1.67. The second-order valence-electron chi connectivity index (χ2n) is 5.54. The molecule has 0 bridgehead atoms. The van der Waals surface area contributed by atoms with Gasteiger partial charge in [0.2, 0.25) is 0 Å². The molecule has 2 rings (SSSR count). The van der Waals surface area contributed by atoms with E-state index in [2.05, 4.69) is 24.8 Å². The van der Waals surface area contributed by atoms with Crippen molar-refractivity contribution in [1.82, 2.24) is 4.90 Å². The summed E-state index contributed by atoms with van der Waals surface area (Å²) < 4.78 is 5.49. The van der Waals surface area contributed by atoms with Crippen LogP contribution in [0.2, 0.25) is 0 Å². The number of aliphatic hydroxyl groups excluding tert-OH is 1. The minimum atomic E-state index is 0.0203. The molecule has 1 heterocycles. The van der Waals surface area contributed by atoms with E-state index >= 15 is 0 Å². The third-order valence-electron chi connectivity index (χ3n) is 4.24. The van der Waals surface area contributed by atoms with Gasteiger partial charge in [-0.2, -0.15) is 0 Å². The zero-order valence-corrected chi connectivity index (χ0v) is 11.1. The Kier molecular flexibility index (Phi) is 4.60. The van der Waals surface area contributed by atoms with Crippen LogP contribution >= 0.6 is 0 Å². The molecule has 3 heteroatoms. The average molecular weight is 239 g/mol. The van der Waals surface area contributed by atoms with E-state index in [-0.39, 0.29) is 12.7 Å². The lowest BCUT2D eigenvalue weighted by atomic mass is 9.79. The third kappa shape index (κ3) is 3.30. The number of hydrogen-bond donors (Lipinski definition) is 1. The molecule has 0 spiro atoms. The van der Waals surface area contributed by atoms with E-state index in [1.54, 1.807) is 5.57 Å². The van der Waals surface area contributed by atoms with Crippen LogP contribution in [-0.2, 0) is 4.74 Å². The van der Waals surface area contributed by atoms with Crippen LogP contribution in [0.5, 0.6) is 0 Å². The van der Waals surface area contributed by atoms with Crippen LogP contribution in [0.15, 0.2) is 11.6 Å². The summed E-state index contributed by atoms with van der Waals surface area (Å²) in [5, 5.41) is 9.16. The van der Waals surface area contributed by atoms with Crippen molar-refractivity contribution in [3.63, 3.8) is 0 Å². The van der Waals surface area contributed by atoms with Crippen LogP contribution in [0, 0.1) is 11.8 Å². The van der Waals surface area contributed by atoms with Crippen molar-refractivity contribution in [3.8, 4) is 0 Å². The SMILES string of the molecule is CC1=CCC[C@H](C)[C@H]1CN1CCO[C@@H](CO)C1. The fourth-order valence-corrected chi connectivity index (χ4v) is 3.03. The fourth-order valence-electron chi connectivity index (χ4n) is 3.03. The highest BCUT2D eigenvalue weighted by Gasteiger charge is 2.27. The number of allylic oxidation sites excluding steroid dienone is 1.